The Hall–Kier alpha value is -1.30. The van der Waals surface area contributed by atoms with Crippen molar-refractivity contribution in [1.29, 1.82) is 0 Å². The van der Waals surface area contributed by atoms with E-state index in [2.05, 4.69) is 36.7 Å². The van der Waals surface area contributed by atoms with E-state index in [1.54, 1.807) is 36.9 Å². The molecule has 0 N–H and O–H groups in total. The molecule has 0 aliphatic carbocycles. The molecule has 0 fully saturated rings. The van der Waals surface area contributed by atoms with Crippen LogP contribution in [0.4, 0.5) is 0 Å². The van der Waals surface area contributed by atoms with Crippen LogP contribution in [0.1, 0.15) is 23.6 Å². The van der Waals surface area contributed by atoms with Gasteiger partial charge >= 0.3 is 0 Å². The second-order valence-corrected chi connectivity index (χ2v) is 8.34. The molecule has 0 unspecified atom stereocenters. The third kappa shape index (κ3) is 2.57. The molecule has 0 saturated heterocycles. The molecule has 3 aromatic heterocycles. The molecule has 3 heterocycles. The minimum absolute atomic E-state index is 0.0626. The van der Waals surface area contributed by atoms with Crippen molar-refractivity contribution < 1.29 is 9.47 Å². The van der Waals surface area contributed by atoms with Crippen LogP contribution in [0.3, 0.4) is 0 Å². The van der Waals surface area contributed by atoms with Crippen LogP contribution >= 0.6 is 34.0 Å². The molecule has 0 saturated carbocycles. The third-order valence-corrected chi connectivity index (χ3v) is 7.42. The van der Waals surface area contributed by atoms with Gasteiger partial charge in [0.15, 0.2) is 0 Å². The van der Waals surface area contributed by atoms with Crippen LogP contribution in [0.5, 0.6) is 11.5 Å². The molecule has 2 nitrogen and oxygen atoms in total. The predicted molar refractivity (Wildman–Crippen MR) is 97.2 cm³/mol. The maximum absolute atomic E-state index is 5.51. The number of ether oxygens (including phenoxy) is 2. The molecule has 3 aromatic rings. The van der Waals surface area contributed by atoms with Crippen molar-refractivity contribution in [2.24, 2.45) is 0 Å². The smallest absolute Gasteiger partial charge is 0.138 e. The van der Waals surface area contributed by atoms with E-state index in [1.165, 1.54) is 19.5 Å². The maximum atomic E-state index is 5.51. The fourth-order valence-corrected chi connectivity index (χ4v) is 5.63. The molecule has 0 atom stereocenters. The molecular formula is C17H18O2S3. The second-order valence-electron chi connectivity index (χ2n) is 5.43. The normalized spacial score (nSPS) is 11.6. The zero-order valence-electron chi connectivity index (χ0n) is 13.0. The number of rotatable bonds is 5. The Morgan fingerprint density at radius 1 is 0.864 bits per heavy atom. The van der Waals surface area contributed by atoms with E-state index < -0.39 is 0 Å². The van der Waals surface area contributed by atoms with E-state index in [9.17, 15) is 0 Å². The number of hydrogen-bond acceptors (Lipinski definition) is 5. The van der Waals surface area contributed by atoms with Gasteiger partial charge in [-0.2, -0.15) is 0 Å². The lowest BCUT2D eigenvalue weighted by molar-refractivity contribution is 0.405. The zero-order chi connectivity index (χ0) is 15.7. The lowest BCUT2D eigenvalue weighted by Gasteiger charge is -2.23. The highest BCUT2D eigenvalue weighted by Crippen LogP contribution is 2.46. The molecule has 0 aliphatic rings. The summed E-state index contributed by atoms with van der Waals surface area (Å²) >= 11 is 5.30. The van der Waals surface area contributed by atoms with Gasteiger partial charge in [0.05, 0.1) is 24.0 Å². The SMILES string of the molecule is COc1ccsc1-c1ccc(C(C)(C)c2sccc2OC)s1. The Bertz CT molecular complexity index is 764. The average molecular weight is 351 g/mol. The van der Waals surface area contributed by atoms with Crippen molar-refractivity contribution in [2.75, 3.05) is 14.2 Å². The summed E-state index contributed by atoms with van der Waals surface area (Å²) in [6.07, 6.45) is 0. The van der Waals surface area contributed by atoms with Gasteiger partial charge in [0, 0.05) is 15.2 Å². The fraction of sp³-hybridized carbons (Fsp3) is 0.294. The molecule has 0 bridgehead atoms. The quantitative estimate of drug-likeness (QED) is 0.572. The van der Waals surface area contributed by atoms with Crippen LogP contribution < -0.4 is 9.47 Å². The van der Waals surface area contributed by atoms with Gasteiger partial charge in [0.2, 0.25) is 0 Å². The van der Waals surface area contributed by atoms with Crippen molar-refractivity contribution in [3.63, 3.8) is 0 Å². The topological polar surface area (TPSA) is 18.5 Å². The maximum Gasteiger partial charge on any atom is 0.138 e. The van der Waals surface area contributed by atoms with Crippen LogP contribution in [-0.2, 0) is 5.41 Å². The number of methoxy groups -OCH3 is 2. The first-order valence-electron chi connectivity index (χ1n) is 6.92. The van der Waals surface area contributed by atoms with Crippen molar-refractivity contribution in [3.8, 4) is 21.3 Å². The number of thiophene rings is 3. The second kappa shape index (κ2) is 6.07. The summed E-state index contributed by atoms with van der Waals surface area (Å²) in [7, 11) is 3.46. The van der Waals surface area contributed by atoms with Crippen LogP contribution in [0, 0.1) is 0 Å². The Morgan fingerprint density at radius 2 is 1.55 bits per heavy atom. The summed E-state index contributed by atoms with van der Waals surface area (Å²) in [5.74, 6) is 1.92. The van der Waals surface area contributed by atoms with Gasteiger partial charge in [-0.25, -0.2) is 0 Å². The third-order valence-electron chi connectivity index (χ3n) is 3.71. The fourth-order valence-electron chi connectivity index (χ4n) is 2.46. The first kappa shape index (κ1) is 15.6. The lowest BCUT2D eigenvalue weighted by Crippen LogP contribution is -2.16. The van der Waals surface area contributed by atoms with Crippen LogP contribution in [0.25, 0.3) is 9.75 Å². The standard InChI is InChI=1S/C17H18O2S3/c1-17(2,16-12(19-4)8-10-21-16)14-6-5-13(22-14)15-11(18-3)7-9-20-15/h5-10H,1-4H3. The summed E-state index contributed by atoms with van der Waals surface area (Å²) in [5.41, 5.74) is -0.0626. The zero-order valence-corrected chi connectivity index (χ0v) is 15.5. The van der Waals surface area contributed by atoms with Gasteiger partial charge in [-0.05, 0) is 48.9 Å². The highest BCUT2D eigenvalue weighted by molar-refractivity contribution is 7.21. The monoisotopic (exact) mass is 350 g/mol. The van der Waals surface area contributed by atoms with Crippen LogP contribution in [0.15, 0.2) is 35.0 Å². The van der Waals surface area contributed by atoms with Gasteiger partial charge in [-0.1, -0.05) is 0 Å². The predicted octanol–water partition coefficient (Wildman–Crippen LogP) is 5.88. The molecule has 116 valence electrons. The summed E-state index contributed by atoms with van der Waals surface area (Å²) in [4.78, 5) is 5.05. The van der Waals surface area contributed by atoms with Gasteiger partial charge in [0.1, 0.15) is 11.5 Å². The first-order chi connectivity index (χ1) is 10.6. The molecule has 0 aliphatic heterocycles. The Balaban J connectivity index is 2.00. The highest BCUT2D eigenvalue weighted by Gasteiger charge is 2.30. The average Bonchev–Trinajstić information content (AvgIpc) is 3.24. The number of hydrogen-bond donors (Lipinski definition) is 0. The van der Waals surface area contributed by atoms with E-state index in [4.69, 9.17) is 9.47 Å². The van der Waals surface area contributed by atoms with Gasteiger partial charge in [0.25, 0.3) is 0 Å². The van der Waals surface area contributed by atoms with Crippen molar-refractivity contribution in [3.05, 3.63) is 44.8 Å². The van der Waals surface area contributed by atoms with E-state index in [0.717, 1.165) is 11.5 Å². The molecular weight excluding hydrogens is 332 g/mol. The van der Waals surface area contributed by atoms with E-state index in [-0.39, 0.29) is 5.41 Å². The first-order valence-corrected chi connectivity index (χ1v) is 9.49. The highest BCUT2D eigenvalue weighted by atomic mass is 32.1. The van der Waals surface area contributed by atoms with Crippen molar-refractivity contribution in [1.82, 2.24) is 0 Å². The van der Waals surface area contributed by atoms with Gasteiger partial charge in [-0.15, -0.1) is 34.0 Å². The Labute approximate surface area is 143 Å². The molecule has 22 heavy (non-hydrogen) atoms. The lowest BCUT2D eigenvalue weighted by atomic mass is 9.89. The van der Waals surface area contributed by atoms with Gasteiger partial charge in [-0.3, -0.25) is 0 Å². The summed E-state index contributed by atoms with van der Waals surface area (Å²) in [6, 6.07) is 8.47. The van der Waals surface area contributed by atoms with Crippen molar-refractivity contribution >= 4 is 34.0 Å². The summed E-state index contributed by atoms with van der Waals surface area (Å²) in [5, 5.41) is 4.16. The molecule has 0 amide bonds. The Kier molecular flexibility index (Phi) is 4.30. The summed E-state index contributed by atoms with van der Waals surface area (Å²) < 4.78 is 10.9. The van der Waals surface area contributed by atoms with Gasteiger partial charge < -0.3 is 9.47 Å². The van der Waals surface area contributed by atoms with Crippen LogP contribution in [0.2, 0.25) is 0 Å². The minimum Gasteiger partial charge on any atom is -0.496 e. The largest absolute Gasteiger partial charge is 0.496 e. The summed E-state index contributed by atoms with van der Waals surface area (Å²) in [6.45, 7) is 4.51. The van der Waals surface area contributed by atoms with Crippen molar-refractivity contribution in [2.45, 2.75) is 19.3 Å². The van der Waals surface area contributed by atoms with E-state index >= 15 is 0 Å². The minimum atomic E-state index is -0.0626. The van der Waals surface area contributed by atoms with E-state index in [0.29, 0.717) is 0 Å². The Morgan fingerprint density at radius 3 is 2.27 bits per heavy atom. The molecule has 0 radical (unpaired) electrons. The molecule has 0 spiro atoms. The van der Waals surface area contributed by atoms with E-state index in [1.807, 2.05) is 23.5 Å². The molecule has 5 heteroatoms. The molecule has 3 rings (SSSR count). The van der Waals surface area contributed by atoms with Crippen LogP contribution in [-0.4, -0.2) is 14.2 Å². The molecule has 0 aromatic carbocycles.